The fourth-order valence-corrected chi connectivity index (χ4v) is 1.81. The van der Waals surface area contributed by atoms with Gasteiger partial charge in [-0.05, 0) is 27.8 Å². The van der Waals surface area contributed by atoms with Crippen molar-refractivity contribution in [2.75, 3.05) is 18.9 Å². The molecule has 0 aliphatic heterocycles. The van der Waals surface area contributed by atoms with Crippen molar-refractivity contribution in [3.63, 3.8) is 0 Å². The van der Waals surface area contributed by atoms with Crippen molar-refractivity contribution in [1.82, 2.24) is 15.1 Å². The van der Waals surface area contributed by atoms with Crippen molar-refractivity contribution in [3.05, 3.63) is 5.01 Å². The lowest BCUT2D eigenvalue weighted by atomic mass is 10.3. The third-order valence-electron chi connectivity index (χ3n) is 2.06. The molecule has 1 heterocycles. The van der Waals surface area contributed by atoms with Gasteiger partial charge in [-0.3, -0.25) is 4.90 Å². The van der Waals surface area contributed by atoms with Crippen molar-refractivity contribution in [1.29, 1.82) is 0 Å². The van der Waals surface area contributed by atoms with E-state index < -0.39 is 0 Å². The Morgan fingerprint density at radius 1 is 1.43 bits per heavy atom. The molecule has 5 heteroatoms. The molecule has 1 rings (SSSR count). The van der Waals surface area contributed by atoms with E-state index in [1.807, 2.05) is 0 Å². The van der Waals surface area contributed by atoms with Crippen LogP contribution in [0.1, 0.15) is 25.8 Å². The Balaban J connectivity index is 2.50. The summed E-state index contributed by atoms with van der Waals surface area (Å²) in [5.41, 5.74) is 0. The molecule has 0 aliphatic rings. The average molecular weight is 214 g/mol. The highest BCUT2D eigenvalue weighted by molar-refractivity contribution is 7.15. The fourth-order valence-electron chi connectivity index (χ4n) is 0.936. The van der Waals surface area contributed by atoms with Crippen LogP contribution in [0.4, 0.5) is 5.13 Å². The first-order valence-electron chi connectivity index (χ1n) is 4.90. The number of anilines is 1. The maximum Gasteiger partial charge on any atom is 0.205 e. The molecule has 0 spiro atoms. The predicted molar refractivity (Wildman–Crippen MR) is 60.7 cm³/mol. The summed E-state index contributed by atoms with van der Waals surface area (Å²) in [6.07, 6.45) is 0. The zero-order valence-electron chi connectivity index (χ0n) is 9.24. The van der Waals surface area contributed by atoms with Gasteiger partial charge in [0.1, 0.15) is 5.01 Å². The molecule has 4 nitrogen and oxygen atoms in total. The molecule has 1 N–H and O–H groups in total. The minimum atomic E-state index is 0.543. The third kappa shape index (κ3) is 3.23. The Hall–Kier alpha value is -0.680. The Morgan fingerprint density at radius 2 is 2.14 bits per heavy atom. The molecule has 14 heavy (non-hydrogen) atoms. The van der Waals surface area contributed by atoms with Gasteiger partial charge in [-0.1, -0.05) is 11.3 Å². The molecule has 0 saturated heterocycles. The molecule has 0 bridgehead atoms. The second kappa shape index (κ2) is 5.26. The number of nitrogens with one attached hydrogen (secondary N) is 1. The van der Waals surface area contributed by atoms with E-state index in [1.54, 1.807) is 11.3 Å². The van der Waals surface area contributed by atoms with E-state index in [9.17, 15) is 0 Å². The maximum atomic E-state index is 4.12. The van der Waals surface area contributed by atoms with Gasteiger partial charge in [0.2, 0.25) is 5.13 Å². The largest absolute Gasteiger partial charge is 0.360 e. The quantitative estimate of drug-likeness (QED) is 0.811. The third-order valence-corrected chi connectivity index (χ3v) is 2.93. The van der Waals surface area contributed by atoms with Crippen LogP contribution in [0.15, 0.2) is 0 Å². The van der Waals surface area contributed by atoms with Gasteiger partial charge in [0.15, 0.2) is 0 Å². The van der Waals surface area contributed by atoms with Crippen molar-refractivity contribution in [2.45, 2.75) is 33.4 Å². The van der Waals surface area contributed by atoms with Crippen molar-refractivity contribution in [3.8, 4) is 0 Å². The molecule has 80 valence electrons. The second-order valence-electron chi connectivity index (χ2n) is 3.54. The van der Waals surface area contributed by atoms with E-state index in [-0.39, 0.29) is 0 Å². The second-order valence-corrected chi connectivity index (χ2v) is 4.60. The van der Waals surface area contributed by atoms with Crippen molar-refractivity contribution in [2.24, 2.45) is 0 Å². The van der Waals surface area contributed by atoms with Crippen molar-refractivity contribution >= 4 is 16.5 Å². The Bertz CT molecular complexity index is 272. The smallest absolute Gasteiger partial charge is 0.205 e. The van der Waals surface area contributed by atoms with Gasteiger partial charge in [0, 0.05) is 12.6 Å². The lowest BCUT2D eigenvalue weighted by molar-refractivity contribution is 0.265. The van der Waals surface area contributed by atoms with Gasteiger partial charge in [-0.2, -0.15) is 0 Å². The van der Waals surface area contributed by atoms with Gasteiger partial charge >= 0.3 is 0 Å². The zero-order chi connectivity index (χ0) is 10.6. The molecule has 0 saturated carbocycles. The molecule has 0 unspecified atom stereocenters. The van der Waals surface area contributed by atoms with E-state index in [1.165, 1.54) is 0 Å². The molecule has 1 aromatic heterocycles. The maximum absolute atomic E-state index is 4.12. The molecule has 0 atom stereocenters. The van der Waals surface area contributed by atoms with E-state index in [0.717, 1.165) is 23.2 Å². The van der Waals surface area contributed by atoms with E-state index in [0.29, 0.717) is 6.04 Å². The van der Waals surface area contributed by atoms with Crippen molar-refractivity contribution < 1.29 is 0 Å². The summed E-state index contributed by atoms with van der Waals surface area (Å²) in [4.78, 5) is 2.25. The van der Waals surface area contributed by atoms with Gasteiger partial charge in [0.05, 0.1) is 6.54 Å². The topological polar surface area (TPSA) is 41.1 Å². The molecular formula is C9H18N4S. The van der Waals surface area contributed by atoms with Crippen LogP contribution in [0.3, 0.4) is 0 Å². The minimum Gasteiger partial charge on any atom is -0.360 e. The summed E-state index contributed by atoms with van der Waals surface area (Å²) in [5.74, 6) is 0. The van der Waals surface area contributed by atoms with Gasteiger partial charge in [-0.25, -0.2) is 0 Å². The number of nitrogens with zero attached hydrogens (tertiary/aromatic N) is 3. The Kier molecular flexibility index (Phi) is 4.28. The molecule has 0 radical (unpaired) electrons. The average Bonchev–Trinajstić information content (AvgIpc) is 2.53. The highest BCUT2D eigenvalue weighted by atomic mass is 32.1. The number of hydrogen-bond acceptors (Lipinski definition) is 5. The van der Waals surface area contributed by atoms with E-state index in [2.05, 4.69) is 48.2 Å². The molecule has 1 aromatic rings. The molecular weight excluding hydrogens is 196 g/mol. The van der Waals surface area contributed by atoms with Crippen LogP contribution in [-0.2, 0) is 6.54 Å². The lowest BCUT2D eigenvalue weighted by Gasteiger charge is -2.18. The van der Waals surface area contributed by atoms with Gasteiger partial charge < -0.3 is 5.32 Å². The van der Waals surface area contributed by atoms with Crippen LogP contribution in [0.25, 0.3) is 0 Å². The van der Waals surface area contributed by atoms with Gasteiger partial charge in [-0.15, -0.1) is 10.2 Å². The monoisotopic (exact) mass is 214 g/mol. The first kappa shape index (κ1) is 11.4. The van der Waals surface area contributed by atoms with E-state index in [4.69, 9.17) is 0 Å². The molecule has 0 aliphatic carbocycles. The first-order chi connectivity index (χ1) is 6.63. The van der Waals surface area contributed by atoms with E-state index >= 15 is 0 Å². The normalized spacial score (nSPS) is 11.3. The first-order valence-corrected chi connectivity index (χ1v) is 5.71. The summed E-state index contributed by atoms with van der Waals surface area (Å²) in [7, 11) is 2.10. The highest BCUT2D eigenvalue weighted by Gasteiger charge is 2.08. The zero-order valence-corrected chi connectivity index (χ0v) is 10.1. The van der Waals surface area contributed by atoms with Crippen LogP contribution >= 0.6 is 11.3 Å². The summed E-state index contributed by atoms with van der Waals surface area (Å²) in [6.45, 7) is 8.18. The highest BCUT2D eigenvalue weighted by Crippen LogP contribution is 2.16. The van der Waals surface area contributed by atoms with Crippen LogP contribution in [-0.4, -0.2) is 34.7 Å². The molecule has 0 fully saturated rings. The summed E-state index contributed by atoms with van der Waals surface area (Å²) < 4.78 is 0. The van der Waals surface area contributed by atoms with Crippen LogP contribution in [0, 0.1) is 0 Å². The molecule has 0 amide bonds. The SMILES string of the molecule is CCNc1nnc(CN(C)C(C)C)s1. The standard InChI is InChI=1S/C9H18N4S/c1-5-10-9-12-11-8(14-9)6-13(4)7(2)3/h7H,5-6H2,1-4H3,(H,10,12). The van der Waals surface area contributed by atoms with Crippen LogP contribution in [0.2, 0.25) is 0 Å². The number of rotatable bonds is 5. The predicted octanol–water partition coefficient (Wildman–Crippen LogP) is 1.81. The molecule has 0 aromatic carbocycles. The fraction of sp³-hybridized carbons (Fsp3) is 0.778. The minimum absolute atomic E-state index is 0.543. The summed E-state index contributed by atoms with van der Waals surface area (Å²) in [5, 5.41) is 13.3. The lowest BCUT2D eigenvalue weighted by Crippen LogP contribution is -2.25. The van der Waals surface area contributed by atoms with Gasteiger partial charge in [0.25, 0.3) is 0 Å². The number of hydrogen-bond donors (Lipinski definition) is 1. The number of aromatic nitrogens is 2. The summed E-state index contributed by atoms with van der Waals surface area (Å²) >= 11 is 1.63. The van der Waals surface area contributed by atoms with Crippen LogP contribution in [0.5, 0.6) is 0 Å². The Labute approximate surface area is 89.3 Å². The summed E-state index contributed by atoms with van der Waals surface area (Å²) in [6, 6.07) is 0.543. The Morgan fingerprint density at radius 3 is 2.71 bits per heavy atom. The van der Waals surface area contributed by atoms with Crippen LogP contribution < -0.4 is 5.32 Å².